The SMILES string of the molecule is O=C(N[C@@H]1CCN(Cc2ccccc2)C1)c1csc(C2CCN(C(=O)c3ccccc3-c3ccc(C(F)(F)F)cc3)CC2)n1. The van der Waals surface area contributed by atoms with E-state index >= 15 is 0 Å². The maximum atomic E-state index is 13.5. The second kappa shape index (κ2) is 12.9. The highest BCUT2D eigenvalue weighted by Crippen LogP contribution is 2.34. The fraction of sp³-hybridized carbons (Fsp3) is 0.324. The van der Waals surface area contributed by atoms with Crippen LogP contribution in [0, 0.1) is 0 Å². The van der Waals surface area contributed by atoms with Gasteiger partial charge in [-0.05, 0) is 54.2 Å². The summed E-state index contributed by atoms with van der Waals surface area (Å²) in [5.41, 5.74) is 2.61. The van der Waals surface area contributed by atoms with Crippen molar-refractivity contribution in [3.63, 3.8) is 0 Å². The summed E-state index contributed by atoms with van der Waals surface area (Å²) < 4.78 is 39.1. The van der Waals surface area contributed by atoms with Crippen molar-refractivity contribution in [2.24, 2.45) is 0 Å². The fourth-order valence-electron chi connectivity index (χ4n) is 6.03. The number of nitrogens with one attached hydrogen (secondary N) is 1. The zero-order valence-electron chi connectivity index (χ0n) is 24.1. The van der Waals surface area contributed by atoms with E-state index in [1.54, 1.807) is 29.2 Å². The van der Waals surface area contributed by atoms with Gasteiger partial charge in [0.15, 0.2) is 0 Å². The number of likely N-dealkylation sites (tertiary alicyclic amines) is 2. The zero-order chi connectivity index (χ0) is 30.7. The summed E-state index contributed by atoms with van der Waals surface area (Å²) in [7, 11) is 0. The Bertz CT molecular complexity index is 1600. The van der Waals surface area contributed by atoms with Gasteiger partial charge >= 0.3 is 6.18 Å². The van der Waals surface area contributed by atoms with Gasteiger partial charge in [-0.3, -0.25) is 14.5 Å². The standard InChI is InChI=1S/C34H33F3N4O2S/c35-34(36,37)26-12-10-24(11-13-26)28-8-4-5-9-29(28)33(43)41-18-14-25(15-19-41)32-39-30(22-44-32)31(42)38-27-16-17-40(21-27)20-23-6-2-1-3-7-23/h1-13,22,25,27H,14-21H2,(H,38,42)/t27-/m1/s1. The first-order valence-electron chi connectivity index (χ1n) is 14.8. The summed E-state index contributed by atoms with van der Waals surface area (Å²) in [6.07, 6.45) is -2.07. The number of benzene rings is 3. The molecule has 1 N–H and O–H groups in total. The third-order valence-electron chi connectivity index (χ3n) is 8.42. The van der Waals surface area contributed by atoms with Crippen LogP contribution in [0.5, 0.6) is 0 Å². The molecule has 44 heavy (non-hydrogen) atoms. The van der Waals surface area contributed by atoms with Crippen molar-refractivity contribution in [3.8, 4) is 11.1 Å². The Morgan fingerprint density at radius 1 is 0.886 bits per heavy atom. The summed E-state index contributed by atoms with van der Waals surface area (Å²) in [4.78, 5) is 35.3. The first-order valence-corrected chi connectivity index (χ1v) is 15.7. The average Bonchev–Trinajstić information content (AvgIpc) is 3.71. The van der Waals surface area contributed by atoms with Crippen LogP contribution in [0.3, 0.4) is 0 Å². The smallest absolute Gasteiger partial charge is 0.347 e. The number of carbonyl (C=O) groups excluding carboxylic acids is 2. The molecule has 0 radical (unpaired) electrons. The van der Waals surface area contributed by atoms with Gasteiger partial charge in [-0.15, -0.1) is 11.3 Å². The maximum Gasteiger partial charge on any atom is 0.416 e. The predicted octanol–water partition coefficient (Wildman–Crippen LogP) is 6.85. The van der Waals surface area contributed by atoms with Crippen LogP contribution in [0.1, 0.15) is 62.2 Å². The van der Waals surface area contributed by atoms with Gasteiger partial charge in [0.25, 0.3) is 11.8 Å². The number of thiazole rings is 1. The largest absolute Gasteiger partial charge is 0.416 e. The molecule has 3 heterocycles. The minimum atomic E-state index is -4.42. The first kappa shape index (κ1) is 30.0. The zero-order valence-corrected chi connectivity index (χ0v) is 24.9. The molecule has 10 heteroatoms. The van der Waals surface area contributed by atoms with E-state index in [2.05, 4.69) is 27.3 Å². The van der Waals surface area contributed by atoms with E-state index in [1.165, 1.54) is 29.0 Å². The lowest BCUT2D eigenvalue weighted by Crippen LogP contribution is -2.38. The maximum absolute atomic E-state index is 13.5. The molecule has 2 fully saturated rings. The van der Waals surface area contributed by atoms with Gasteiger partial charge in [0, 0.05) is 55.6 Å². The molecular formula is C34H33F3N4O2S. The van der Waals surface area contributed by atoms with Gasteiger partial charge in [-0.2, -0.15) is 13.2 Å². The number of alkyl halides is 3. The molecule has 2 aliphatic heterocycles. The summed E-state index contributed by atoms with van der Waals surface area (Å²) >= 11 is 1.49. The topological polar surface area (TPSA) is 65.5 Å². The van der Waals surface area contributed by atoms with E-state index in [4.69, 9.17) is 0 Å². The number of aromatic nitrogens is 1. The minimum absolute atomic E-state index is 0.0936. The number of hydrogen-bond donors (Lipinski definition) is 1. The average molecular weight is 619 g/mol. The van der Waals surface area contributed by atoms with Crippen LogP contribution >= 0.6 is 11.3 Å². The molecule has 0 unspecified atom stereocenters. The van der Waals surface area contributed by atoms with Gasteiger partial charge in [-0.1, -0.05) is 60.7 Å². The molecule has 2 amide bonds. The Morgan fingerprint density at radius 3 is 2.32 bits per heavy atom. The van der Waals surface area contributed by atoms with Crippen molar-refractivity contribution in [2.75, 3.05) is 26.2 Å². The van der Waals surface area contributed by atoms with E-state index in [-0.39, 0.29) is 23.8 Å². The van der Waals surface area contributed by atoms with Crippen LogP contribution < -0.4 is 5.32 Å². The van der Waals surface area contributed by atoms with Crippen LogP contribution in [0.15, 0.2) is 84.2 Å². The van der Waals surface area contributed by atoms with Crippen molar-refractivity contribution in [3.05, 3.63) is 112 Å². The Hall–Kier alpha value is -4.02. The number of carbonyl (C=O) groups is 2. The Balaban J connectivity index is 1.03. The first-order chi connectivity index (χ1) is 21.2. The van der Waals surface area contributed by atoms with Crippen molar-refractivity contribution in [2.45, 2.75) is 43.9 Å². The van der Waals surface area contributed by atoms with Crippen LogP contribution in [0.25, 0.3) is 11.1 Å². The molecule has 1 aromatic heterocycles. The van der Waals surface area contributed by atoms with Crippen LogP contribution in [0.2, 0.25) is 0 Å². The number of amides is 2. The lowest BCUT2D eigenvalue weighted by molar-refractivity contribution is -0.137. The number of hydrogen-bond acceptors (Lipinski definition) is 5. The molecule has 0 saturated carbocycles. The molecule has 4 aromatic rings. The normalized spacial score (nSPS) is 18.0. The van der Waals surface area contributed by atoms with E-state index in [9.17, 15) is 22.8 Å². The lowest BCUT2D eigenvalue weighted by atomic mass is 9.94. The van der Waals surface area contributed by atoms with Crippen LogP contribution in [-0.4, -0.2) is 58.8 Å². The molecule has 6 rings (SSSR count). The minimum Gasteiger partial charge on any atom is -0.347 e. The summed E-state index contributed by atoms with van der Waals surface area (Å²) in [5, 5.41) is 5.88. The van der Waals surface area contributed by atoms with E-state index in [0.717, 1.165) is 56.0 Å². The van der Waals surface area contributed by atoms with Gasteiger partial charge < -0.3 is 10.2 Å². The molecule has 228 valence electrons. The number of piperidine rings is 1. The van der Waals surface area contributed by atoms with Crippen LogP contribution in [-0.2, 0) is 12.7 Å². The molecular weight excluding hydrogens is 585 g/mol. The quantitative estimate of drug-likeness (QED) is 0.246. The lowest BCUT2D eigenvalue weighted by Gasteiger charge is -2.31. The molecule has 1 atom stereocenters. The van der Waals surface area contributed by atoms with E-state index < -0.39 is 11.7 Å². The Kier molecular flexibility index (Phi) is 8.81. The fourth-order valence-corrected chi connectivity index (χ4v) is 7.01. The Morgan fingerprint density at radius 2 is 1.59 bits per heavy atom. The molecule has 0 bridgehead atoms. The monoisotopic (exact) mass is 618 g/mol. The van der Waals surface area contributed by atoms with Crippen molar-refractivity contribution in [1.29, 1.82) is 0 Å². The Labute approximate surface area is 258 Å². The van der Waals surface area contributed by atoms with Gasteiger partial charge in [0.05, 0.1) is 10.6 Å². The second-order valence-electron chi connectivity index (χ2n) is 11.4. The number of rotatable bonds is 7. The summed E-state index contributed by atoms with van der Waals surface area (Å²) in [5.74, 6) is -0.133. The third kappa shape index (κ3) is 6.87. The highest BCUT2D eigenvalue weighted by molar-refractivity contribution is 7.09. The second-order valence-corrected chi connectivity index (χ2v) is 12.3. The molecule has 2 saturated heterocycles. The van der Waals surface area contributed by atoms with Gasteiger partial charge in [0.2, 0.25) is 0 Å². The highest BCUT2D eigenvalue weighted by Gasteiger charge is 2.31. The molecule has 2 aliphatic rings. The van der Waals surface area contributed by atoms with Crippen molar-refractivity contribution in [1.82, 2.24) is 20.1 Å². The van der Waals surface area contributed by atoms with Gasteiger partial charge in [-0.25, -0.2) is 4.98 Å². The molecule has 6 nitrogen and oxygen atoms in total. The third-order valence-corrected chi connectivity index (χ3v) is 9.43. The van der Waals surface area contributed by atoms with Crippen molar-refractivity contribution >= 4 is 23.2 Å². The van der Waals surface area contributed by atoms with Crippen LogP contribution in [0.4, 0.5) is 13.2 Å². The van der Waals surface area contributed by atoms with Crippen molar-refractivity contribution < 1.29 is 22.8 Å². The van der Waals surface area contributed by atoms with E-state index in [0.29, 0.717) is 35.5 Å². The molecule has 0 aliphatic carbocycles. The molecule has 3 aromatic carbocycles. The predicted molar refractivity (Wildman–Crippen MR) is 164 cm³/mol. The number of halogens is 3. The summed E-state index contributed by atoms with van der Waals surface area (Å²) in [6, 6.07) is 22.3. The number of nitrogens with zero attached hydrogens (tertiary/aromatic N) is 3. The highest BCUT2D eigenvalue weighted by atomic mass is 32.1. The van der Waals surface area contributed by atoms with E-state index in [1.807, 2.05) is 23.6 Å². The molecule has 0 spiro atoms. The van der Waals surface area contributed by atoms with Gasteiger partial charge in [0.1, 0.15) is 5.69 Å². The summed E-state index contributed by atoms with van der Waals surface area (Å²) in [6.45, 7) is 3.69.